The molecule has 1 aromatic carbocycles. The molecule has 3 heteroatoms. The lowest BCUT2D eigenvalue weighted by molar-refractivity contribution is 0.548. The van der Waals surface area contributed by atoms with E-state index in [9.17, 15) is 0 Å². The minimum Gasteiger partial charge on any atom is -0.309 e. The lowest BCUT2D eigenvalue weighted by atomic mass is 10.0. The molecule has 0 aliphatic rings. The Morgan fingerprint density at radius 1 is 1.44 bits per heavy atom. The zero-order chi connectivity index (χ0) is 11.8. The second kappa shape index (κ2) is 7.32. The van der Waals surface area contributed by atoms with Gasteiger partial charge < -0.3 is 5.32 Å². The van der Waals surface area contributed by atoms with Crippen LogP contribution in [0.1, 0.15) is 24.4 Å². The quantitative estimate of drug-likeness (QED) is 0.767. The fourth-order valence-electron chi connectivity index (χ4n) is 1.51. The Morgan fingerprint density at radius 2 is 2.12 bits per heavy atom. The first-order valence-electron chi connectivity index (χ1n) is 5.35. The molecule has 0 bridgehead atoms. The van der Waals surface area contributed by atoms with Gasteiger partial charge in [-0.3, -0.25) is 0 Å². The Labute approximate surface area is 102 Å². The van der Waals surface area contributed by atoms with E-state index in [-0.39, 0.29) is 6.04 Å². The standard InChI is InChI=1S/C13H17N2S/c1-3-10-15-13(8-9-14)11-4-6-12(16-2)7-5-11/h4-7,13,15H,1,3,8,10H2,2H3/t13-/m0/s1. The van der Waals surface area contributed by atoms with Gasteiger partial charge in [-0.25, -0.2) is 0 Å². The van der Waals surface area contributed by atoms with E-state index < -0.39 is 0 Å². The van der Waals surface area contributed by atoms with Crippen LogP contribution in [0.15, 0.2) is 29.2 Å². The van der Waals surface area contributed by atoms with Gasteiger partial charge in [0.2, 0.25) is 0 Å². The predicted octanol–water partition coefficient (Wildman–Crippen LogP) is 3.18. The van der Waals surface area contributed by atoms with Gasteiger partial charge in [0, 0.05) is 10.9 Å². The molecule has 0 aliphatic carbocycles. The van der Waals surface area contributed by atoms with Crippen molar-refractivity contribution in [2.75, 3.05) is 12.8 Å². The molecular formula is C13H17N2S. The number of benzene rings is 1. The molecule has 0 amide bonds. The lowest BCUT2D eigenvalue weighted by Gasteiger charge is -2.16. The smallest absolute Gasteiger partial charge is 0.0641 e. The molecule has 16 heavy (non-hydrogen) atoms. The van der Waals surface area contributed by atoms with Crippen LogP contribution in [0, 0.1) is 18.3 Å². The maximum atomic E-state index is 8.79. The van der Waals surface area contributed by atoms with Crippen molar-refractivity contribution in [3.63, 3.8) is 0 Å². The summed E-state index contributed by atoms with van der Waals surface area (Å²) in [4.78, 5) is 1.25. The fourth-order valence-corrected chi connectivity index (χ4v) is 1.92. The van der Waals surface area contributed by atoms with Crippen LogP contribution in [0.5, 0.6) is 0 Å². The molecule has 1 rings (SSSR count). The molecule has 0 aromatic heterocycles. The highest BCUT2D eigenvalue weighted by atomic mass is 32.2. The first-order chi connectivity index (χ1) is 7.81. The normalized spacial score (nSPS) is 12.1. The monoisotopic (exact) mass is 233 g/mol. The summed E-state index contributed by atoms with van der Waals surface area (Å²) < 4.78 is 0. The summed E-state index contributed by atoms with van der Waals surface area (Å²) in [6, 6.07) is 10.7. The Bertz CT molecular complexity index is 340. The first kappa shape index (κ1) is 13.1. The van der Waals surface area contributed by atoms with Crippen LogP contribution in [0.25, 0.3) is 0 Å². The average molecular weight is 233 g/mol. The molecule has 2 nitrogen and oxygen atoms in total. The number of nitrogens with one attached hydrogen (secondary N) is 1. The van der Waals surface area contributed by atoms with Crippen LogP contribution in [0.2, 0.25) is 0 Å². The lowest BCUT2D eigenvalue weighted by Crippen LogP contribution is -2.21. The second-order valence-electron chi connectivity index (χ2n) is 3.50. The summed E-state index contributed by atoms with van der Waals surface area (Å²) in [6.45, 7) is 4.63. The van der Waals surface area contributed by atoms with E-state index in [1.165, 1.54) is 10.5 Å². The topological polar surface area (TPSA) is 35.8 Å². The van der Waals surface area contributed by atoms with E-state index in [1.54, 1.807) is 11.8 Å². The summed E-state index contributed by atoms with van der Waals surface area (Å²) in [5.74, 6) is 0. The van der Waals surface area contributed by atoms with E-state index >= 15 is 0 Å². The molecule has 0 fully saturated rings. The summed E-state index contributed by atoms with van der Waals surface area (Å²) in [6.07, 6.45) is 3.40. The van der Waals surface area contributed by atoms with E-state index in [0.29, 0.717) is 6.42 Å². The molecule has 1 atom stereocenters. The molecule has 85 valence electrons. The van der Waals surface area contributed by atoms with Crippen molar-refractivity contribution < 1.29 is 0 Å². The third-order valence-electron chi connectivity index (χ3n) is 2.38. The summed E-state index contributed by atoms with van der Waals surface area (Å²) >= 11 is 1.73. The van der Waals surface area contributed by atoms with Crippen LogP contribution < -0.4 is 5.32 Å². The van der Waals surface area contributed by atoms with E-state index in [4.69, 9.17) is 5.26 Å². The largest absolute Gasteiger partial charge is 0.309 e. The van der Waals surface area contributed by atoms with Gasteiger partial charge in [-0.15, -0.1) is 11.8 Å². The van der Waals surface area contributed by atoms with Crippen molar-refractivity contribution >= 4 is 11.8 Å². The Hall–Kier alpha value is -0.980. The highest BCUT2D eigenvalue weighted by Gasteiger charge is 2.09. The maximum absolute atomic E-state index is 8.79. The van der Waals surface area contributed by atoms with Crippen molar-refractivity contribution in [3.05, 3.63) is 36.8 Å². The molecule has 0 saturated carbocycles. The molecule has 0 spiro atoms. The molecular weight excluding hydrogens is 216 g/mol. The van der Waals surface area contributed by atoms with Gasteiger partial charge in [-0.1, -0.05) is 19.1 Å². The third-order valence-corrected chi connectivity index (χ3v) is 3.12. The summed E-state index contributed by atoms with van der Waals surface area (Å²) in [5, 5.41) is 12.1. The minimum absolute atomic E-state index is 0.127. The van der Waals surface area contributed by atoms with Gasteiger partial charge in [0.15, 0.2) is 0 Å². The molecule has 0 aliphatic heterocycles. The second-order valence-corrected chi connectivity index (χ2v) is 4.38. The highest BCUT2D eigenvalue weighted by molar-refractivity contribution is 7.98. The summed E-state index contributed by atoms with van der Waals surface area (Å²) in [5.41, 5.74) is 1.17. The molecule has 1 N–H and O–H groups in total. The van der Waals surface area contributed by atoms with Crippen LogP contribution in [-0.2, 0) is 0 Å². The zero-order valence-corrected chi connectivity index (χ0v) is 10.4. The Morgan fingerprint density at radius 3 is 2.62 bits per heavy atom. The van der Waals surface area contributed by atoms with Crippen LogP contribution >= 0.6 is 11.8 Å². The predicted molar refractivity (Wildman–Crippen MR) is 69.2 cm³/mol. The number of rotatable bonds is 6. The number of nitrogens with zero attached hydrogens (tertiary/aromatic N) is 1. The third kappa shape index (κ3) is 3.88. The van der Waals surface area contributed by atoms with E-state index in [2.05, 4.69) is 48.8 Å². The fraction of sp³-hybridized carbons (Fsp3) is 0.385. The van der Waals surface area contributed by atoms with Crippen molar-refractivity contribution in [1.29, 1.82) is 5.26 Å². The number of thioether (sulfide) groups is 1. The summed E-state index contributed by atoms with van der Waals surface area (Å²) in [7, 11) is 0. The minimum atomic E-state index is 0.127. The van der Waals surface area contributed by atoms with Gasteiger partial charge in [-0.2, -0.15) is 5.26 Å². The number of hydrogen-bond donors (Lipinski definition) is 1. The molecule has 1 radical (unpaired) electrons. The van der Waals surface area contributed by atoms with Crippen LogP contribution in [0.4, 0.5) is 0 Å². The SMILES string of the molecule is [CH2]CCN[C@@H](CC#N)c1ccc(SC)cc1. The highest BCUT2D eigenvalue weighted by Crippen LogP contribution is 2.20. The van der Waals surface area contributed by atoms with E-state index in [1.807, 2.05) is 0 Å². The van der Waals surface area contributed by atoms with Crippen molar-refractivity contribution in [2.45, 2.75) is 23.8 Å². The Kier molecular flexibility index (Phi) is 5.99. The van der Waals surface area contributed by atoms with Crippen LogP contribution in [0.3, 0.4) is 0 Å². The zero-order valence-electron chi connectivity index (χ0n) is 9.57. The number of hydrogen-bond acceptors (Lipinski definition) is 3. The first-order valence-corrected chi connectivity index (χ1v) is 6.57. The van der Waals surface area contributed by atoms with Crippen LogP contribution in [-0.4, -0.2) is 12.8 Å². The van der Waals surface area contributed by atoms with Gasteiger partial charge >= 0.3 is 0 Å². The van der Waals surface area contributed by atoms with Crippen molar-refractivity contribution in [1.82, 2.24) is 5.32 Å². The molecule has 0 heterocycles. The van der Waals surface area contributed by atoms with Gasteiger partial charge in [-0.05, 0) is 36.9 Å². The molecule has 0 saturated heterocycles. The molecule has 0 unspecified atom stereocenters. The van der Waals surface area contributed by atoms with Gasteiger partial charge in [0.05, 0.1) is 12.5 Å². The van der Waals surface area contributed by atoms with Gasteiger partial charge in [0.1, 0.15) is 0 Å². The number of nitriles is 1. The van der Waals surface area contributed by atoms with Gasteiger partial charge in [0.25, 0.3) is 0 Å². The Balaban J connectivity index is 2.72. The maximum Gasteiger partial charge on any atom is 0.0641 e. The average Bonchev–Trinajstić information content (AvgIpc) is 2.35. The van der Waals surface area contributed by atoms with E-state index in [0.717, 1.165) is 13.0 Å². The van der Waals surface area contributed by atoms with Crippen molar-refractivity contribution in [3.8, 4) is 6.07 Å². The molecule has 1 aromatic rings. The van der Waals surface area contributed by atoms with Crippen molar-refractivity contribution in [2.24, 2.45) is 0 Å².